The van der Waals surface area contributed by atoms with Crippen molar-refractivity contribution in [1.82, 2.24) is 4.90 Å². The van der Waals surface area contributed by atoms with E-state index in [-0.39, 0.29) is 35.9 Å². The summed E-state index contributed by atoms with van der Waals surface area (Å²) in [7, 11) is 0. The van der Waals surface area contributed by atoms with Gasteiger partial charge in [0.1, 0.15) is 5.75 Å². The maximum Gasteiger partial charge on any atom is 0.254 e. The average molecular weight is 632 g/mol. The second-order valence-corrected chi connectivity index (χ2v) is 12.3. The molecule has 2 aliphatic carbocycles. The first-order valence-corrected chi connectivity index (χ1v) is 14.7. The van der Waals surface area contributed by atoms with Gasteiger partial charge in [-0.2, -0.15) is 0 Å². The number of aryl methyl sites for hydroxylation is 1. The van der Waals surface area contributed by atoms with Gasteiger partial charge in [-0.25, -0.2) is 0 Å². The lowest BCUT2D eigenvalue weighted by Gasteiger charge is -2.50. The highest BCUT2D eigenvalue weighted by atomic mass is 79.9. The highest BCUT2D eigenvalue weighted by Crippen LogP contribution is 2.66. The number of hydrogen-bond donors (Lipinski definition) is 1. The van der Waals surface area contributed by atoms with Crippen molar-refractivity contribution >= 4 is 68.4 Å². The Balaban J connectivity index is 1.50. The van der Waals surface area contributed by atoms with Gasteiger partial charge in [-0.15, -0.1) is 23.2 Å². The van der Waals surface area contributed by atoms with Gasteiger partial charge in [0.25, 0.3) is 11.8 Å². The van der Waals surface area contributed by atoms with Gasteiger partial charge in [-0.05, 0) is 48.9 Å². The van der Waals surface area contributed by atoms with E-state index in [4.69, 9.17) is 23.2 Å². The summed E-state index contributed by atoms with van der Waals surface area (Å²) < 4.78 is 0. The minimum atomic E-state index is -1.94. The molecule has 2 aliphatic heterocycles. The molecule has 7 nitrogen and oxygen atoms in total. The number of rotatable bonds is 4. The molecule has 39 heavy (non-hydrogen) atoms. The Morgan fingerprint density at radius 1 is 0.974 bits per heavy atom. The second kappa shape index (κ2) is 9.18. The summed E-state index contributed by atoms with van der Waals surface area (Å²) in [5.74, 6) is -5.13. The lowest BCUT2D eigenvalue weighted by atomic mass is 9.56. The lowest BCUT2D eigenvalue weighted by molar-refractivity contribution is -0.138. The molecule has 4 aliphatic rings. The summed E-state index contributed by atoms with van der Waals surface area (Å²) in [6, 6.07) is 13.8. The maximum atomic E-state index is 14.0. The zero-order valence-electron chi connectivity index (χ0n) is 20.9. The van der Waals surface area contributed by atoms with Crippen LogP contribution in [0, 0.1) is 17.8 Å². The number of phenols is 1. The van der Waals surface area contributed by atoms with Crippen LogP contribution in [0.3, 0.4) is 0 Å². The molecule has 6 atom stereocenters. The smallest absolute Gasteiger partial charge is 0.254 e. The number of likely N-dealkylation sites (tertiary alicyclic amines) is 1. The SMILES string of the molecule is CCc1ccc(N2C(=O)C3CC=C4C(CC5(Cl)C(=O)N(CBr)C(=O)C5(Cl)C4c4ccccc4O)C3C2=O)cc1. The Hall–Kier alpha value is -2.68. The molecule has 1 saturated carbocycles. The Morgan fingerprint density at radius 2 is 1.67 bits per heavy atom. The van der Waals surface area contributed by atoms with Crippen LogP contribution in [-0.4, -0.2) is 48.8 Å². The normalized spacial score (nSPS) is 33.7. The van der Waals surface area contributed by atoms with Crippen molar-refractivity contribution < 1.29 is 24.3 Å². The van der Waals surface area contributed by atoms with Gasteiger partial charge in [0.2, 0.25) is 11.8 Å². The van der Waals surface area contributed by atoms with Gasteiger partial charge in [0.05, 0.1) is 23.0 Å². The van der Waals surface area contributed by atoms with Crippen LogP contribution < -0.4 is 4.90 Å². The van der Waals surface area contributed by atoms with Crippen LogP contribution in [0.15, 0.2) is 60.2 Å². The number of phenolic OH excluding ortho intramolecular Hbond substituents is 1. The molecule has 4 amide bonds. The van der Waals surface area contributed by atoms with E-state index in [1.807, 2.05) is 25.1 Å². The number of anilines is 1. The number of para-hydroxylation sites is 1. The molecule has 6 unspecified atom stereocenters. The Labute approximate surface area is 243 Å². The van der Waals surface area contributed by atoms with Crippen LogP contribution in [0.25, 0.3) is 0 Å². The quantitative estimate of drug-likeness (QED) is 0.225. The molecule has 0 aromatic heterocycles. The van der Waals surface area contributed by atoms with Crippen molar-refractivity contribution in [2.75, 3.05) is 10.4 Å². The number of carbonyl (C=O) groups is 4. The fraction of sp³-hybridized carbons (Fsp3) is 0.379. The predicted molar refractivity (Wildman–Crippen MR) is 150 cm³/mol. The number of nitrogens with zero attached hydrogens (tertiary/aromatic N) is 2. The number of hydrogen-bond acceptors (Lipinski definition) is 5. The molecule has 1 N–H and O–H groups in total. The first-order chi connectivity index (χ1) is 18.6. The molecular formula is C29H25BrCl2N2O5. The highest BCUT2D eigenvalue weighted by molar-refractivity contribution is 9.09. The van der Waals surface area contributed by atoms with Crippen LogP contribution in [0.1, 0.15) is 36.8 Å². The number of amides is 4. The molecule has 6 rings (SSSR count). The van der Waals surface area contributed by atoms with Crippen LogP contribution in [0.4, 0.5) is 5.69 Å². The lowest BCUT2D eigenvalue weighted by Crippen LogP contribution is -2.60. The number of aromatic hydroxyl groups is 1. The van der Waals surface area contributed by atoms with Crippen LogP contribution >= 0.6 is 39.1 Å². The van der Waals surface area contributed by atoms with E-state index in [9.17, 15) is 24.3 Å². The topological polar surface area (TPSA) is 95.0 Å². The Bertz CT molecular complexity index is 1460. The van der Waals surface area contributed by atoms with Crippen molar-refractivity contribution in [2.45, 2.75) is 41.9 Å². The van der Waals surface area contributed by atoms with Gasteiger partial charge >= 0.3 is 0 Å². The second-order valence-electron chi connectivity index (χ2n) is 10.6. The number of alkyl halides is 3. The summed E-state index contributed by atoms with van der Waals surface area (Å²) in [6.07, 6.45) is 2.85. The number of benzene rings is 2. The van der Waals surface area contributed by atoms with E-state index in [2.05, 4.69) is 15.9 Å². The van der Waals surface area contributed by atoms with Crippen LogP contribution in [0.2, 0.25) is 0 Å². The largest absolute Gasteiger partial charge is 0.508 e. The van der Waals surface area contributed by atoms with Gasteiger partial charge in [-0.1, -0.05) is 64.8 Å². The number of allylic oxidation sites excluding steroid dienone is 2. The van der Waals surface area contributed by atoms with E-state index in [0.29, 0.717) is 16.8 Å². The van der Waals surface area contributed by atoms with Crippen molar-refractivity contribution in [1.29, 1.82) is 0 Å². The zero-order valence-corrected chi connectivity index (χ0v) is 24.0. The molecule has 3 fully saturated rings. The van der Waals surface area contributed by atoms with Gasteiger partial charge in [0.15, 0.2) is 9.75 Å². The molecule has 0 bridgehead atoms. The first-order valence-electron chi connectivity index (χ1n) is 12.8. The minimum absolute atomic E-state index is 0.0924. The third-order valence-electron chi connectivity index (χ3n) is 8.87. The van der Waals surface area contributed by atoms with Crippen LogP contribution in [0.5, 0.6) is 5.75 Å². The van der Waals surface area contributed by atoms with Crippen molar-refractivity contribution in [2.24, 2.45) is 17.8 Å². The third kappa shape index (κ3) is 3.40. The molecular weight excluding hydrogens is 607 g/mol. The monoisotopic (exact) mass is 630 g/mol. The molecule has 2 saturated heterocycles. The molecule has 0 radical (unpaired) electrons. The minimum Gasteiger partial charge on any atom is -0.508 e. The van der Waals surface area contributed by atoms with Gasteiger partial charge in [0, 0.05) is 11.5 Å². The summed E-state index contributed by atoms with van der Waals surface area (Å²) in [5, 5.41) is 10.9. The van der Waals surface area contributed by atoms with Crippen molar-refractivity contribution in [3.8, 4) is 5.75 Å². The molecule has 202 valence electrons. The Kier molecular flexibility index (Phi) is 6.25. The van der Waals surface area contributed by atoms with Crippen molar-refractivity contribution in [3.63, 3.8) is 0 Å². The van der Waals surface area contributed by atoms with Crippen LogP contribution in [-0.2, 0) is 25.6 Å². The maximum absolute atomic E-state index is 14.0. The molecule has 0 spiro atoms. The fourth-order valence-electron chi connectivity index (χ4n) is 6.97. The Morgan fingerprint density at radius 3 is 2.31 bits per heavy atom. The molecule has 10 heteroatoms. The average Bonchev–Trinajstić information content (AvgIpc) is 3.27. The molecule has 2 aromatic rings. The predicted octanol–water partition coefficient (Wildman–Crippen LogP) is 4.87. The number of imide groups is 2. The molecule has 2 heterocycles. The third-order valence-corrected chi connectivity index (χ3v) is 10.8. The van der Waals surface area contributed by atoms with E-state index < -0.39 is 45.2 Å². The van der Waals surface area contributed by atoms with Gasteiger partial charge < -0.3 is 5.11 Å². The molecule has 2 aromatic carbocycles. The summed E-state index contributed by atoms with van der Waals surface area (Å²) >= 11 is 17.5. The summed E-state index contributed by atoms with van der Waals surface area (Å²) in [6.45, 7) is 2.03. The first kappa shape index (κ1) is 26.5. The van der Waals surface area contributed by atoms with E-state index in [0.717, 1.165) is 16.9 Å². The van der Waals surface area contributed by atoms with E-state index in [1.54, 1.807) is 30.3 Å². The van der Waals surface area contributed by atoms with Gasteiger partial charge in [-0.3, -0.25) is 29.0 Å². The number of fused-ring (bicyclic) bond motifs is 4. The standard InChI is InChI=1S/C29H25BrCl2N2O5/c1-2-15-7-9-16(10-8-15)34-24(36)19-12-11-17-20(22(19)25(34)37)13-28(31)26(38)33(14-30)27(39)29(28,32)23(17)18-5-3-4-6-21(18)35/h3-11,19-20,22-23,35H,2,12-14H2,1H3. The number of carbonyl (C=O) groups excluding carboxylic acids is 4. The zero-order chi connectivity index (χ0) is 27.9. The fourth-order valence-corrected chi connectivity index (χ4v) is 8.38. The highest BCUT2D eigenvalue weighted by Gasteiger charge is 2.76. The van der Waals surface area contributed by atoms with E-state index >= 15 is 0 Å². The van der Waals surface area contributed by atoms with Crippen molar-refractivity contribution in [3.05, 3.63) is 71.3 Å². The van der Waals surface area contributed by atoms with E-state index in [1.165, 1.54) is 11.0 Å². The summed E-state index contributed by atoms with van der Waals surface area (Å²) in [4.78, 5) is 53.4. The number of halogens is 3. The summed E-state index contributed by atoms with van der Waals surface area (Å²) in [5.41, 5.74) is 2.46.